The Morgan fingerprint density at radius 1 is 0.700 bits per heavy atom. The predicted molar refractivity (Wildman–Crippen MR) is 177 cm³/mol. The van der Waals surface area contributed by atoms with E-state index in [1.165, 1.54) is 69.9 Å². The largest absolute Gasteiger partial charge is 0.255 e. The van der Waals surface area contributed by atoms with Crippen LogP contribution in [-0.4, -0.2) is 4.98 Å². The fraction of sp³-hybridized carbons (Fsp3) is 0.289. The van der Waals surface area contributed by atoms with Crippen LogP contribution in [0.5, 0.6) is 0 Å². The van der Waals surface area contributed by atoms with E-state index < -0.39 is 0 Å². The van der Waals surface area contributed by atoms with E-state index in [0.29, 0.717) is 11.8 Å². The van der Waals surface area contributed by atoms with Crippen molar-refractivity contribution in [2.45, 2.75) is 72.6 Å². The number of fused-ring (bicyclic) bond motifs is 4. The molecule has 0 saturated heterocycles. The molecule has 6 rings (SSSR count). The van der Waals surface area contributed by atoms with Gasteiger partial charge in [-0.1, -0.05) is 103 Å². The molecule has 0 bridgehead atoms. The normalized spacial score (nSPS) is 12.4. The average molecular weight is 542 g/mol. The Balaban J connectivity index is 1.62. The van der Waals surface area contributed by atoms with E-state index in [0.717, 1.165) is 5.69 Å². The van der Waals surface area contributed by atoms with Gasteiger partial charge in [-0.25, -0.2) is 0 Å². The Morgan fingerprint density at radius 3 is 2.05 bits per heavy atom. The number of aromatic nitrogens is 1. The molecule has 6 aromatic rings. The summed E-state index contributed by atoms with van der Waals surface area (Å²) in [4.78, 5) is 5.00. The number of thiophene rings is 1. The topological polar surface area (TPSA) is 12.9 Å². The molecule has 0 N–H and O–H groups in total. The molecule has 0 saturated carbocycles. The molecule has 2 heteroatoms. The van der Waals surface area contributed by atoms with Gasteiger partial charge in [-0.05, 0) is 86.5 Å². The van der Waals surface area contributed by atoms with Gasteiger partial charge in [-0.3, -0.25) is 4.98 Å². The summed E-state index contributed by atoms with van der Waals surface area (Å²) in [5.41, 5.74) is 10.7. The highest BCUT2D eigenvalue weighted by molar-refractivity contribution is 7.26. The summed E-state index contributed by atoms with van der Waals surface area (Å²) in [5.74, 6) is 0.929. The average Bonchev–Trinajstić information content (AvgIpc) is 3.31. The quantitative estimate of drug-likeness (QED) is 0.216. The van der Waals surface area contributed by atoms with Crippen LogP contribution < -0.4 is 0 Å². The van der Waals surface area contributed by atoms with E-state index in [-0.39, 0.29) is 5.41 Å². The van der Waals surface area contributed by atoms with Crippen molar-refractivity contribution in [3.05, 3.63) is 101 Å². The van der Waals surface area contributed by atoms with E-state index in [2.05, 4.69) is 128 Å². The maximum atomic E-state index is 5.00. The zero-order valence-corrected chi connectivity index (χ0v) is 25.8. The van der Waals surface area contributed by atoms with Crippen LogP contribution in [0, 0.1) is 6.92 Å². The number of hydrogen-bond donors (Lipinski definition) is 0. The molecule has 1 nitrogen and oxygen atoms in total. The molecule has 202 valence electrons. The Morgan fingerprint density at radius 2 is 1.38 bits per heavy atom. The van der Waals surface area contributed by atoms with Gasteiger partial charge in [0.1, 0.15) is 0 Å². The number of nitrogens with zero attached hydrogens (tertiary/aromatic N) is 1. The third kappa shape index (κ3) is 4.34. The summed E-state index contributed by atoms with van der Waals surface area (Å²) in [6, 6.07) is 27.2. The van der Waals surface area contributed by atoms with Gasteiger partial charge < -0.3 is 0 Å². The highest BCUT2D eigenvalue weighted by Crippen LogP contribution is 2.46. The summed E-state index contributed by atoms with van der Waals surface area (Å²) < 4.78 is 2.64. The van der Waals surface area contributed by atoms with E-state index in [4.69, 9.17) is 4.98 Å². The minimum atomic E-state index is 0.0348. The minimum Gasteiger partial charge on any atom is -0.255 e. The third-order valence-corrected chi connectivity index (χ3v) is 9.74. The van der Waals surface area contributed by atoms with Crippen LogP contribution in [0.15, 0.2) is 79.0 Å². The fourth-order valence-corrected chi connectivity index (χ4v) is 7.62. The fourth-order valence-electron chi connectivity index (χ4n) is 6.31. The number of pyridine rings is 1. The standard InChI is InChI=1S/C38H39NS/c1-22(2)27-14-11-15-28(23(3)4)34(27)29-16-17-31-32-18-19-39-35(37(32)40-36(31)24(29)5)26-20-25-12-9-10-13-30(25)33(21-26)38(6,7)8/h9-23H,1-8H3. The lowest BCUT2D eigenvalue weighted by atomic mass is 9.82. The van der Waals surface area contributed by atoms with Gasteiger partial charge in [0.25, 0.3) is 0 Å². The molecule has 0 amide bonds. The summed E-state index contributed by atoms with van der Waals surface area (Å²) in [7, 11) is 0. The lowest BCUT2D eigenvalue weighted by Gasteiger charge is -2.22. The molecule has 0 aliphatic carbocycles. The van der Waals surface area contributed by atoms with Crippen molar-refractivity contribution in [2.24, 2.45) is 0 Å². The van der Waals surface area contributed by atoms with Crippen LogP contribution >= 0.6 is 11.3 Å². The third-order valence-electron chi connectivity index (χ3n) is 8.39. The van der Waals surface area contributed by atoms with E-state index >= 15 is 0 Å². The van der Waals surface area contributed by atoms with Gasteiger partial charge in [0, 0.05) is 27.2 Å². The summed E-state index contributed by atoms with van der Waals surface area (Å²) in [6.07, 6.45) is 1.99. The molecule has 0 unspecified atom stereocenters. The van der Waals surface area contributed by atoms with Crippen molar-refractivity contribution in [1.29, 1.82) is 0 Å². The highest BCUT2D eigenvalue weighted by Gasteiger charge is 2.22. The summed E-state index contributed by atoms with van der Waals surface area (Å²) in [6.45, 7) is 18.5. The predicted octanol–water partition coefficient (Wildman–Crippen LogP) is 11.8. The molecular weight excluding hydrogens is 502 g/mol. The van der Waals surface area contributed by atoms with Gasteiger partial charge in [0.2, 0.25) is 0 Å². The molecular formula is C38H39NS. The molecule has 0 fully saturated rings. The van der Waals surface area contributed by atoms with Crippen LogP contribution in [0.4, 0.5) is 0 Å². The van der Waals surface area contributed by atoms with E-state index in [1.807, 2.05) is 17.5 Å². The molecule has 0 atom stereocenters. The maximum Gasteiger partial charge on any atom is 0.0880 e. The number of rotatable bonds is 4. The summed E-state index contributed by atoms with van der Waals surface area (Å²) >= 11 is 1.90. The smallest absolute Gasteiger partial charge is 0.0880 e. The van der Waals surface area contributed by atoms with Crippen molar-refractivity contribution < 1.29 is 0 Å². The monoisotopic (exact) mass is 541 g/mol. The van der Waals surface area contributed by atoms with E-state index in [9.17, 15) is 0 Å². The highest BCUT2D eigenvalue weighted by atomic mass is 32.1. The maximum absolute atomic E-state index is 5.00. The molecule has 0 spiro atoms. The molecule has 4 aromatic carbocycles. The van der Waals surface area contributed by atoms with E-state index in [1.54, 1.807) is 0 Å². The van der Waals surface area contributed by atoms with Gasteiger partial charge >= 0.3 is 0 Å². The van der Waals surface area contributed by atoms with Gasteiger partial charge in [0.05, 0.1) is 10.4 Å². The second kappa shape index (κ2) is 9.85. The number of benzene rings is 4. The van der Waals surface area contributed by atoms with Crippen molar-refractivity contribution in [1.82, 2.24) is 4.98 Å². The minimum absolute atomic E-state index is 0.0348. The van der Waals surface area contributed by atoms with Crippen LogP contribution in [0.1, 0.15) is 82.6 Å². The molecule has 0 aliphatic heterocycles. The Hall–Kier alpha value is -3.49. The van der Waals surface area contributed by atoms with Gasteiger partial charge in [0.15, 0.2) is 0 Å². The first-order chi connectivity index (χ1) is 19.1. The number of aryl methyl sites for hydroxylation is 1. The first-order valence-corrected chi connectivity index (χ1v) is 15.4. The van der Waals surface area contributed by atoms with Crippen LogP contribution in [0.3, 0.4) is 0 Å². The van der Waals surface area contributed by atoms with Crippen molar-refractivity contribution >= 4 is 42.3 Å². The van der Waals surface area contributed by atoms with Crippen LogP contribution in [-0.2, 0) is 5.41 Å². The lowest BCUT2D eigenvalue weighted by Crippen LogP contribution is -2.12. The Bertz CT molecular complexity index is 1870. The van der Waals surface area contributed by atoms with Gasteiger partial charge in [-0.2, -0.15) is 0 Å². The number of hydrogen-bond acceptors (Lipinski definition) is 2. The lowest BCUT2D eigenvalue weighted by molar-refractivity contribution is 0.596. The second-order valence-electron chi connectivity index (χ2n) is 12.9. The zero-order chi connectivity index (χ0) is 28.3. The molecule has 0 radical (unpaired) electrons. The van der Waals surface area contributed by atoms with Crippen LogP contribution in [0.25, 0.3) is 53.3 Å². The summed E-state index contributed by atoms with van der Waals surface area (Å²) in [5, 5.41) is 5.23. The van der Waals surface area contributed by atoms with Crippen molar-refractivity contribution in [2.75, 3.05) is 0 Å². The Labute approximate surface area is 242 Å². The van der Waals surface area contributed by atoms with Crippen molar-refractivity contribution in [3.8, 4) is 22.4 Å². The Kier molecular flexibility index (Phi) is 6.58. The van der Waals surface area contributed by atoms with Crippen molar-refractivity contribution in [3.63, 3.8) is 0 Å². The first kappa shape index (κ1) is 26.7. The molecule has 2 heterocycles. The first-order valence-electron chi connectivity index (χ1n) is 14.5. The van der Waals surface area contributed by atoms with Gasteiger partial charge in [-0.15, -0.1) is 11.3 Å². The molecule has 0 aliphatic rings. The van der Waals surface area contributed by atoms with Crippen LogP contribution in [0.2, 0.25) is 0 Å². The zero-order valence-electron chi connectivity index (χ0n) is 25.0. The SMILES string of the molecule is Cc1c(-c2c(C(C)C)cccc2C(C)C)ccc2c1sc1c(-c3cc(C(C)(C)C)c4ccccc4c3)nccc12. The second-order valence-corrected chi connectivity index (χ2v) is 13.9. The molecule has 40 heavy (non-hydrogen) atoms. The molecule has 2 aromatic heterocycles.